The molecule has 0 aliphatic rings. The fourth-order valence-corrected chi connectivity index (χ4v) is 2.20. The van der Waals surface area contributed by atoms with E-state index in [1.807, 2.05) is 41.9 Å². The Morgan fingerprint density at radius 1 is 1.43 bits per heavy atom. The third kappa shape index (κ3) is 2.79. The van der Waals surface area contributed by atoms with Crippen LogP contribution in [0.2, 0.25) is 0 Å². The highest BCUT2D eigenvalue weighted by Gasteiger charge is 2.14. The Labute approximate surface area is 121 Å². The highest BCUT2D eigenvalue weighted by atomic mass is 16.3. The van der Waals surface area contributed by atoms with E-state index < -0.39 is 0 Å². The second kappa shape index (κ2) is 5.78. The molecular formula is C15H16N4O2. The molecule has 21 heavy (non-hydrogen) atoms. The zero-order valence-electron chi connectivity index (χ0n) is 11.7. The third-order valence-electron chi connectivity index (χ3n) is 3.26. The SMILES string of the molecule is CCc1ocnc1C(=O)NCCc1cn2ccccc2n1. The van der Waals surface area contributed by atoms with Crippen LogP contribution in [0.25, 0.3) is 5.65 Å². The van der Waals surface area contributed by atoms with Crippen LogP contribution in [0, 0.1) is 0 Å². The maximum atomic E-state index is 12.0. The fraction of sp³-hybridized carbons (Fsp3) is 0.267. The van der Waals surface area contributed by atoms with Crippen molar-refractivity contribution in [2.75, 3.05) is 6.54 Å². The number of rotatable bonds is 5. The van der Waals surface area contributed by atoms with Crippen LogP contribution in [0.15, 0.2) is 41.4 Å². The van der Waals surface area contributed by atoms with Gasteiger partial charge in [0.05, 0.1) is 5.69 Å². The van der Waals surface area contributed by atoms with Gasteiger partial charge in [0, 0.05) is 31.8 Å². The molecule has 3 aromatic rings. The molecule has 0 fully saturated rings. The first-order valence-corrected chi connectivity index (χ1v) is 6.91. The molecule has 0 spiro atoms. The minimum atomic E-state index is -0.204. The van der Waals surface area contributed by atoms with Crippen LogP contribution in [0.4, 0.5) is 0 Å². The van der Waals surface area contributed by atoms with Gasteiger partial charge in [-0.2, -0.15) is 0 Å². The zero-order valence-corrected chi connectivity index (χ0v) is 11.7. The molecule has 0 bridgehead atoms. The molecule has 0 aliphatic heterocycles. The summed E-state index contributed by atoms with van der Waals surface area (Å²) in [6.45, 7) is 2.44. The van der Waals surface area contributed by atoms with Crippen LogP contribution in [0.1, 0.15) is 28.9 Å². The van der Waals surface area contributed by atoms with E-state index in [0.29, 0.717) is 30.8 Å². The Bertz CT molecular complexity index is 727. The summed E-state index contributed by atoms with van der Waals surface area (Å²) in [5.74, 6) is 0.407. The molecule has 3 heterocycles. The number of imidazole rings is 1. The highest BCUT2D eigenvalue weighted by Crippen LogP contribution is 2.07. The van der Waals surface area contributed by atoms with Gasteiger partial charge in [-0.1, -0.05) is 13.0 Å². The molecule has 0 atom stereocenters. The molecule has 1 N–H and O–H groups in total. The Morgan fingerprint density at radius 3 is 3.14 bits per heavy atom. The van der Waals surface area contributed by atoms with Crippen LogP contribution in [0.3, 0.4) is 0 Å². The van der Waals surface area contributed by atoms with E-state index in [2.05, 4.69) is 15.3 Å². The second-order valence-electron chi connectivity index (χ2n) is 4.68. The smallest absolute Gasteiger partial charge is 0.273 e. The van der Waals surface area contributed by atoms with Crippen molar-refractivity contribution in [3.05, 3.63) is 54.1 Å². The lowest BCUT2D eigenvalue weighted by Crippen LogP contribution is -2.26. The molecule has 0 saturated heterocycles. The van der Waals surface area contributed by atoms with E-state index >= 15 is 0 Å². The number of fused-ring (bicyclic) bond motifs is 1. The standard InChI is InChI=1S/C15H16N4O2/c1-2-12-14(17-10-21-12)15(20)16-7-6-11-9-19-8-4-3-5-13(19)18-11/h3-5,8-10H,2,6-7H2,1H3,(H,16,20). The molecule has 0 aromatic carbocycles. The Hall–Kier alpha value is -2.63. The summed E-state index contributed by atoms with van der Waals surface area (Å²) in [6.07, 6.45) is 6.54. The van der Waals surface area contributed by atoms with Crippen molar-refractivity contribution < 1.29 is 9.21 Å². The molecule has 6 nitrogen and oxygen atoms in total. The predicted molar refractivity (Wildman–Crippen MR) is 77.1 cm³/mol. The van der Waals surface area contributed by atoms with E-state index in [1.54, 1.807) is 0 Å². The number of nitrogens with zero attached hydrogens (tertiary/aromatic N) is 3. The van der Waals surface area contributed by atoms with Crippen LogP contribution < -0.4 is 5.32 Å². The number of hydrogen-bond acceptors (Lipinski definition) is 4. The van der Waals surface area contributed by atoms with Crippen LogP contribution >= 0.6 is 0 Å². The topological polar surface area (TPSA) is 72.4 Å². The first-order chi connectivity index (χ1) is 10.3. The number of aryl methyl sites for hydroxylation is 1. The first-order valence-electron chi connectivity index (χ1n) is 6.91. The molecule has 6 heteroatoms. The number of amides is 1. The van der Waals surface area contributed by atoms with Crippen molar-refractivity contribution in [3.8, 4) is 0 Å². The summed E-state index contributed by atoms with van der Waals surface area (Å²) in [7, 11) is 0. The largest absolute Gasteiger partial charge is 0.448 e. The number of hydrogen-bond donors (Lipinski definition) is 1. The molecule has 0 aliphatic carbocycles. The second-order valence-corrected chi connectivity index (χ2v) is 4.68. The summed E-state index contributed by atoms with van der Waals surface area (Å²) >= 11 is 0. The van der Waals surface area contributed by atoms with Gasteiger partial charge in [-0.25, -0.2) is 9.97 Å². The number of nitrogens with one attached hydrogen (secondary N) is 1. The lowest BCUT2D eigenvalue weighted by molar-refractivity contribution is 0.0948. The van der Waals surface area contributed by atoms with Crippen molar-refractivity contribution in [2.24, 2.45) is 0 Å². The minimum Gasteiger partial charge on any atom is -0.448 e. The van der Waals surface area contributed by atoms with Crippen LogP contribution in [-0.2, 0) is 12.8 Å². The van der Waals surface area contributed by atoms with Gasteiger partial charge in [0.1, 0.15) is 11.4 Å². The van der Waals surface area contributed by atoms with Crippen LogP contribution in [0.5, 0.6) is 0 Å². The van der Waals surface area contributed by atoms with Gasteiger partial charge in [-0.05, 0) is 12.1 Å². The number of aromatic nitrogens is 3. The summed E-state index contributed by atoms with van der Waals surface area (Å²) in [5, 5.41) is 2.84. The van der Waals surface area contributed by atoms with Crippen LogP contribution in [-0.4, -0.2) is 26.8 Å². The van der Waals surface area contributed by atoms with Gasteiger partial charge in [-0.3, -0.25) is 4.79 Å². The first kappa shape index (κ1) is 13.4. The van der Waals surface area contributed by atoms with E-state index in [9.17, 15) is 4.79 Å². The summed E-state index contributed by atoms with van der Waals surface area (Å²) in [4.78, 5) is 20.4. The average molecular weight is 284 g/mol. The Morgan fingerprint density at radius 2 is 2.33 bits per heavy atom. The number of carbonyl (C=O) groups excluding carboxylic acids is 1. The molecule has 0 radical (unpaired) electrons. The van der Waals surface area contributed by atoms with Gasteiger partial charge < -0.3 is 14.1 Å². The molecule has 108 valence electrons. The Balaban J connectivity index is 1.59. The van der Waals surface area contributed by atoms with E-state index in [-0.39, 0.29) is 5.91 Å². The third-order valence-corrected chi connectivity index (χ3v) is 3.26. The molecule has 0 saturated carbocycles. The lowest BCUT2D eigenvalue weighted by atomic mass is 10.2. The maximum absolute atomic E-state index is 12.0. The number of pyridine rings is 1. The molecule has 3 aromatic heterocycles. The predicted octanol–water partition coefficient (Wildman–Crippen LogP) is 1.86. The van der Waals surface area contributed by atoms with Gasteiger partial charge in [0.15, 0.2) is 12.1 Å². The summed E-state index contributed by atoms with van der Waals surface area (Å²) < 4.78 is 7.11. The molecule has 3 rings (SSSR count). The van der Waals surface area contributed by atoms with Crippen molar-refractivity contribution in [1.82, 2.24) is 19.7 Å². The van der Waals surface area contributed by atoms with Crippen molar-refractivity contribution >= 4 is 11.6 Å². The summed E-state index contributed by atoms with van der Waals surface area (Å²) in [6, 6.07) is 5.85. The number of oxazole rings is 1. The van der Waals surface area contributed by atoms with E-state index in [1.165, 1.54) is 6.39 Å². The van der Waals surface area contributed by atoms with Crippen molar-refractivity contribution in [2.45, 2.75) is 19.8 Å². The molecular weight excluding hydrogens is 268 g/mol. The zero-order chi connectivity index (χ0) is 14.7. The highest BCUT2D eigenvalue weighted by molar-refractivity contribution is 5.93. The normalized spacial score (nSPS) is 10.9. The van der Waals surface area contributed by atoms with Crippen molar-refractivity contribution in [3.63, 3.8) is 0 Å². The maximum Gasteiger partial charge on any atom is 0.273 e. The number of carbonyl (C=O) groups is 1. The van der Waals surface area contributed by atoms with Gasteiger partial charge in [-0.15, -0.1) is 0 Å². The fourth-order valence-electron chi connectivity index (χ4n) is 2.20. The molecule has 0 unspecified atom stereocenters. The quantitative estimate of drug-likeness (QED) is 0.776. The van der Waals surface area contributed by atoms with E-state index in [4.69, 9.17) is 4.42 Å². The minimum absolute atomic E-state index is 0.204. The monoisotopic (exact) mass is 284 g/mol. The Kier molecular flexibility index (Phi) is 3.68. The van der Waals surface area contributed by atoms with Gasteiger partial charge in [0.2, 0.25) is 0 Å². The van der Waals surface area contributed by atoms with Gasteiger partial charge in [0.25, 0.3) is 5.91 Å². The summed E-state index contributed by atoms with van der Waals surface area (Å²) in [5.41, 5.74) is 2.22. The molecule has 1 amide bonds. The average Bonchev–Trinajstić information content (AvgIpc) is 3.12. The lowest BCUT2D eigenvalue weighted by Gasteiger charge is -2.02. The van der Waals surface area contributed by atoms with Crippen molar-refractivity contribution in [1.29, 1.82) is 0 Å². The van der Waals surface area contributed by atoms with E-state index in [0.717, 1.165) is 11.3 Å². The van der Waals surface area contributed by atoms with Gasteiger partial charge >= 0.3 is 0 Å².